The minimum atomic E-state index is -0.294. The Morgan fingerprint density at radius 1 is 0.971 bits per heavy atom. The maximum Gasteiger partial charge on any atom is 0.272 e. The van der Waals surface area contributed by atoms with E-state index >= 15 is 0 Å². The molecule has 4 nitrogen and oxygen atoms in total. The van der Waals surface area contributed by atoms with E-state index < -0.39 is 0 Å². The van der Waals surface area contributed by atoms with E-state index in [0.29, 0.717) is 33.6 Å². The number of nitrogens with zero attached hydrogens (tertiary/aromatic N) is 2. The molecule has 0 atom stereocenters. The first-order valence-electron chi connectivity index (χ1n) is 11.5. The van der Waals surface area contributed by atoms with Crippen LogP contribution in [0.5, 0.6) is 0 Å². The number of nitrogens with one attached hydrogen (secondary N) is 1. The van der Waals surface area contributed by atoms with E-state index in [9.17, 15) is 4.79 Å². The smallest absolute Gasteiger partial charge is 0.267 e. The number of hydrogen-bond donors (Lipinski definition) is 1. The Kier molecular flexibility index (Phi) is 7.09. The number of aryl methyl sites for hydroxylation is 3. The van der Waals surface area contributed by atoms with Crippen LogP contribution < -0.4 is 5.43 Å². The van der Waals surface area contributed by atoms with Crippen LogP contribution in [0.15, 0.2) is 71.8 Å². The molecule has 0 radical (unpaired) electrons. The summed E-state index contributed by atoms with van der Waals surface area (Å²) in [4.78, 5) is 18.1. The summed E-state index contributed by atoms with van der Waals surface area (Å²) in [6, 6.07) is 21.8. The predicted molar refractivity (Wildman–Crippen MR) is 142 cm³/mol. The van der Waals surface area contributed by atoms with Crippen molar-refractivity contribution in [2.45, 2.75) is 40.5 Å². The predicted octanol–water partition coefficient (Wildman–Crippen LogP) is 7.28. The molecule has 5 heteroatoms. The molecule has 0 saturated carbocycles. The highest BCUT2D eigenvalue weighted by Crippen LogP contribution is 2.29. The molecule has 0 saturated heterocycles. The molecule has 0 aliphatic carbocycles. The van der Waals surface area contributed by atoms with Crippen LogP contribution >= 0.6 is 11.6 Å². The maximum absolute atomic E-state index is 13.4. The van der Waals surface area contributed by atoms with Gasteiger partial charge in [-0.25, -0.2) is 10.4 Å². The monoisotopic (exact) mass is 469 g/mol. The summed E-state index contributed by atoms with van der Waals surface area (Å²) in [5.41, 5.74) is 10.9. The number of carbonyl (C=O) groups excluding carboxylic acids is 1. The number of pyridine rings is 1. The molecule has 0 fully saturated rings. The van der Waals surface area contributed by atoms with Crippen LogP contribution in [0, 0.1) is 13.8 Å². The minimum absolute atomic E-state index is 0.294. The van der Waals surface area contributed by atoms with Crippen LogP contribution in [0.2, 0.25) is 5.02 Å². The fourth-order valence-electron chi connectivity index (χ4n) is 4.02. The third-order valence-electron chi connectivity index (χ3n) is 6.02. The van der Waals surface area contributed by atoms with Gasteiger partial charge in [0.05, 0.1) is 27.5 Å². The molecule has 4 rings (SSSR count). The van der Waals surface area contributed by atoms with Gasteiger partial charge in [0.2, 0.25) is 0 Å². The second-order valence-corrected chi connectivity index (χ2v) is 8.82. The van der Waals surface area contributed by atoms with Crippen LogP contribution in [0.1, 0.15) is 52.9 Å². The quantitative estimate of drug-likeness (QED) is 0.238. The third-order valence-corrected chi connectivity index (χ3v) is 6.33. The van der Waals surface area contributed by atoms with Crippen molar-refractivity contribution < 1.29 is 4.79 Å². The average Bonchev–Trinajstić information content (AvgIpc) is 2.86. The van der Waals surface area contributed by atoms with E-state index in [1.54, 1.807) is 6.07 Å². The van der Waals surface area contributed by atoms with Crippen LogP contribution in [-0.2, 0) is 6.42 Å². The van der Waals surface area contributed by atoms with E-state index in [0.717, 1.165) is 34.4 Å². The molecule has 0 spiro atoms. The Balaban J connectivity index is 1.76. The summed E-state index contributed by atoms with van der Waals surface area (Å²) in [5, 5.41) is 5.71. The molecule has 3 aromatic carbocycles. The fraction of sp³-hybridized carbons (Fsp3) is 0.207. The number of aromatic nitrogens is 1. The molecule has 0 unspecified atom stereocenters. The zero-order chi connectivity index (χ0) is 24.2. The Morgan fingerprint density at radius 3 is 2.44 bits per heavy atom. The Bertz CT molecular complexity index is 1390. The van der Waals surface area contributed by atoms with Crippen molar-refractivity contribution >= 4 is 34.1 Å². The summed E-state index contributed by atoms with van der Waals surface area (Å²) in [6.07, 6.45) is 1.66. The highest BCUT2D eigenvalue weighted by Gasteiger charge is 2.16. The van der Waals surface area contributed by atoms with Crippen LogP contribution in [-0.4, -0.2) is 16.6 Å². The largest absolute Gasteiger partial charge is 0.272 e. The van der Waals surface area contributed by atoms with E-state index in [2.05, 4.69) is 61.6 Å². The summed E-state index contributed by atoms with van der Waals surface area (Å²) in [5.74, 6) is -0.294. The molecule has 34 heavy (non-hydrogen) atoms. The highest BCUT2D eigenvalue weighted by molar-refractivity contribution is 6.35. The number of carbonyl (C=O) groups is 1. The Labute approximate surface area is 205 Å². The van der Waals surface area contributed by atoms with Crippen LogP contribution in [0.4, 0.5) is 0 Å². The van der Waals surface area contributed by atoms with E-state index in [1.165, 1.54) is 5.56 Å². The topological polar surface area (TPSA) is 54.4 Å². The number of fused-ring (bicyclic) bond motifs is 1. The molecule has 0 bridgehead atoms. The van der Waals surface area contributed by atoms with Gasteiger partial charge in [0.15, 0.2) is 0 Å². The van der Waals surface area contributed by atoms with Gasteiger partial charge >= 0.3 is 0 Å². The van der Waals surface area contributed by atoms with Crippen molar-refractivity contribution in [3.63, 3.8) is 0 Å². The maximum atomic E-state index is 13.4. The van der Waals surface area contributed by atoms with Crippen LogP contribution in [0.3, 0.4) is 0 Å². The van der Waals surface area contributed by atoms with Crippen molar-refractivity contribution in [1.82, 2.24) is 10.4 Å². The number of amides is 1. The first-order valence-corrected chi connectivity index (χ1v) is 11.9. The van der Waals surface area contributed by atoms with E-state index in [1.807, 2.05) is 37.3 Å². The normalized spacial score (nSPS) is 11.6. The molecule has 1 heterocycles. The number of para-hydroxylation sites is 1. The molecular weight excluding hydrogens is 442 g/mol. The summed E-state index contributed by atoms with van der Waals surface area (Å²) < 4.78 is 0. The zero-order valence-electron chi connectivity index (χ0n) is 19.9. The number of hydrogen-bond acceptors (Lipinski definition) is 3. The minimum Gasteiger partial charge on any atom is -0.267 e. The summed E-state index contributed by atoms with van der Waals surface area (Å²) >= 11 is 6.48. The third kappa shape index (κ3) is 4.87. The van der Waals surface area contributed by atoms with Crippen molar-refractivity contribution in [3.05, 3.63) is 99.6 Å². The lowest BCUT2D eigenvalue weighted by Gasteiger charge is -2.12. The lowest BCUT2D eigenvalue weighted by atomic mass is 10.00. The Morgan fingerprint density at radius 2 is 1.74 bits per heavy atom. The zero-order valence-corrected chi connectivity index (χ0v) is 20.7. The van der Waals surface area contributed by atoms with Gasteiger partial charge in [0.1, 0.15) is 0 Å². The molecule has 1 aromatic heterocycles. The van der Waals surface area contributed by atoms with Gasteiger partial charge in [-0.1, -0.05) is 79.5 Å². The van der Waals surface area contributed by atoms with Gasteiger partial charge in [-0.3, -0.25) is 4.79 Å². The molecule has 0 aliphatic heterocycles. The first kappa shape index (κ1) is 23.7. The SMILES string of the molecule is CC/C(=N/NC(=O)c1cc(-c2ccc(CC)cc2)nc2c(Cl)cccc12)c1cc(C)ccc1C. The number of halogens is 1. The lowest BCUT2D eigenvalue weighted by Crippen LogP contribution is -2.21. The summed E-state index contributed by atoms with van der Waals surface area (Å²) in [6.45, 7) is 8.26. The van der Waals surface area contributed by atoms with Crippen molar-refractivity contribution in [2.24, 2.45) is 5.10 Å². The van der Waals surface area contributed by atoms with Gasteiger partial charge < -0.3 is 0 Å². The standard InChI is InChI=1S/C29H28ClN3O/c1-5-20-12-14-21(15-13-20)27-17-24(22-8-7-9-25(30)28(22)31-27)29(34)33-32-26(6-2)23-16-18(3)10-11-19(23)4/h7-17H,5-6H2,1-4H3,(H,33,34)/b32-26-. The van der Waals surface area contributed by atoms with Crippen molar-refractivity contribution in [2.75, 3.05) is 0 Å². The van der Waals surface area contributed by atoms with Gasteiger partial charge in [-0.15, -0.1) is 0 Å². The lowest BCUT2D eigenvalue weighted by molar-refractivity contribution is 0.0956. The second-order valence-electron chi connectivity index (χ2n) is 8.41. The van der Waals surface area contributed by atoms with Gasteiger partial charge in [0.25, 0.3) is 5.91 Å². The highest BCUT2D eigenvalue weighted by atomic mass is 35.5. The van der Waals surface area contributed by atoms with Gasteiger partial charge in [0, 0.05) is 16.5 Å². The number of hydrazone groups is 1. The second kappa shape index (κ2) is 10.2. The van der Waals surface area contributed by atoms with E-state index in [-0.39, 0.29) is 5.91 Å². The number of benzene rings is 3. The molecule has 172 valence electrons. The summed E-state index contributed by atoms with van der Waals surface area (Å²) in [7, 11) is 0. The van der Waals surface area contributed by atoms with Crippen molar-refractivity contribution in [3.8, 4) is 11.3 Å². The van der Waals surface area contributed by atoms with Crippen LogP contribution in [0.25, 0.3) is 22.2 Å². The molecule has 1 amide bonds. The number of rotatable bonds is 6. The Hall–Kier alpha value is -3.50. The average molecular weight is 470 g/mol. The van der Waals surface area contributed by atoms with E-state index in [4.69, 9.17) is 16.6 Å². The molecule has 4 aromatic rings. The fourth-order valence-corrected chi connectivity index (χ4v) is 4.23. The van der Waals surface area contributed by atoms with Gasteiger partial charge in [-0.2, -0.15) is 5.10 Å². The molecular formula is C29H28ClN3O. The van der Waals surface area contributed by atoms with Crippen molar-refractivity contribution in [1.29, 1.82) is 0 Å². The molecule has 1 N–H and O–H groups in total. The molecule has 0 aliphatic rings. The first-order chi connectivity index (χ1) is 16.4. The van der Waals surface area contributed by atoms with Gasteiger partial charge in [-0.05, 0) is 56.0 Å².